The maximum atomic E-state index is 6.48. The molecule has 128 valence electrons. The van der Waals surface area contributed by atoms with Gasteiger partial charge >= 0.3 is 0 Å². The number of benzene rings is 1. The van der Waals surface area contributed by atoms with E-state index in [0.717, 1.165) is 25.0 Å². The van der Waals surface area contributed by atoms with Crippen LogP contribution in [-0.2, 0) is 0 Å². The minimum absolute atomic E-state index is 0.236. The van der Waals surface area contributed by atoms with Crippen molar-refractivity contribution in [1.82, 2.24) is 0 Å². The van der Waals surface area contributed by atoms with Crippen molar-refractivity contribution in [3.8, 4) is 5.75 Å². The zero-order chi connectivity index (χ0) is 17.1. The van der Waals surface area contributed by atoms with Crippen molar-refractivity contribution >= 4 is 6.08 Å². The van der Waals surface area contributed by atoms with Gasteiger partial charge < -0.3 is 4.74 Å². The number of hydrogen-bond donors (Lipinski definition) is 0. The van der Waals surface area contributed by atoms with E-state index in [1.165, 1.54) is 16.7 Å². The van der Waals surface area contributed by atoms with E-state index in [9.17, 15) is 0 Å². The minimum Gasteiger partial charge on any atom is -0.490 e. The first-order valence-corrected chi connectivity index (χ1v) is 9.38. The standard InChI is InChI=1S/C23H30O/c1-5-21-18(4)24-23-15-17(3)16(2)14-20(23)12-9-13-22(21)19-10-7-6-8-11-19/h6-10,12,14-15,18-19,21-22H,5,11,13H2,1-4H3/b12-9+. The van der Waals surface area contributed by atoms with Crippen molar-refractivity contribution < 1.29 is 4.74 Å². The first-order valence-electron chi connectivity index (χ1n) is 9.38. The Labute approximate surface area is 147 Å². The maximum absolute atomic E-state index is 6.48. The van der Waals surface area contributed by atoms with Crippen LogP contribution < -0.4 is 4.74 Å². The van der Waals surface area contributed by atoms with E-state index < -0.39 is 0 Å². The van der Waals surface area contributed by atoms with Crippen LogP contribution >= 0.6 is 0 Å². The van der Waals surface area contributed by atoms with Gasteiger partial charge in [-0.2, -0.15) is 0 Å². The van der Waals surface area contributed by atoms with Gasteiger partial charge in [-0.25, -0.2) is 0 Å². The van der Waals surface area contributed by atoms with Crippen LogP contribution in [0.3, 0.4) is 0 Å². The fraction of sp³-hybridized carbons (Fsp3) is 0.478. The molecule has 0 amide bonds. The monoisotopic (exact) mass is 322 g/mol. The largest absolute Gasteiger partial charge is 0.490 e. The van der Waals surface area contributed by atoms with Gasteiger partial charge in [0.1, 0.15) is 5.75 Å². The summed E-state index contributed by atoms with van der Waals surface area (Å²) in [5, 5.41) is 0. The molecule has 1 aliphatic carbocycles. The zero-order valence-corrected chi connectivity index (χ0v) is 15.5. The summed E-state index contributed by atoms with van der Waals surface area (Å²) in [6, 6.07) is 4.47. The summed E-state index contributed by atoms with van der Waals surface area (Å²) in [5.74, 6) is 2.88. The van der Waals surface area contributed by atoms with E-state index in [0.29, 0.717) is 17.8 Å². The molecule has 0 saturated heterocycles. The predicted molar refractivity (Wildman–Crippen MR) is 103 cm³/mol. The van der Waals surface area contributed by atoms with Crippen LogP contribution in [0.1, 0.15) is 49.8 Å². The third kappa shape index (κ3) is 3.50. The second-order valence-electron chi connectivity index (χ2n) is 7.38. The number of fused-ring (bicyclic) bond motifs is 1. The SMILES string of the molecule is CCC1C(C)Oc2cc(C)c(C)cc2/C=C/CC1C1C=CC=CC1. The molecule has 1 aromatic rings. The highest BCUT2D eigenvalue weighted by Crippen LogP contribution is 2.38. The Kier molecular flexibility index (Phi) is 5.28. The van der Waals surface area contributed by atoms with Crippen LogP contribution in [0.15, 0.2) is 42.5 Å². The second kappa shape index (κ2) is 7.42. The maximum Gasteiger partial charge on any atom is 0.127 e. The van der Waals surface area contributed by atoms with E-state index in [-0.39, 0.29) is 6.10 Å². The van der Waals surface area contributed by atoms with Crippen molar-refractivity contribution in [3.05, 3.63) is 59.2 Å². The number of rotatable bonds is 2. The van der Waals surface area contributed by atoms with E-state index in [2.05, 4.69) is 76.3 Å². The molecule has 2 aliphatic rings. The van der Waals surface area contributed by atoms with Gasteiger partial charge in [-0.3, -0.25) is 0 Å². The van der Waals surface area contributed by atoms with Gasteiger partial charge in [0, 0.05) is 5.56 Å². The van der Waals surface area contributed by atoms with E-state index in [1.807, 2.05) is 0 Å². The van der Waals surface area contributed by atoms with Crippen LogP contribution in [-0.4, -0.2) is 6.10 Å². The summed E-state index contributed by atoms with van der Waals surface area (Å²) in [6.07, 6.45) is 17.4. The lowest BCUT2D eigenvalue weighted by Crippen LogP contribution is -2.33. The molecule has 4 unspecified atom stereocenters. The lowest BCUT2D eigenvalue weighted by Gasteiger charge is -2.35. The Morgan fingerprint density at radius 3 is 2.54 bits per heavy atom. The summed E-state index contributed by atoms with van der Waals surface area (Å²) in [6.45, 7) is 8.91. The van der Waals surface area contributed by atoms with Crippen molar-refractivity contribution in [2.24, 2.45) is 17.8 Å². The predicted octanol–water partition coefficient (Wildman–Crippen LogP) is 6.26. The van der Waals surface area contributed by atoms with Crippen LogP contribution in [0.5, 0.6) is 5.75 Å². The molecule has 1 nitrogen and oxygen atoms in total. The van der Waals surface area contributed by atoms with Crippen LogP contribution in [0.2, 0.25) is 0 Å². The van der Waals surface area contributed by atoms with Gasteiger partial charge in [-0.05, 0) is 81.0 Å². The zero-order valence-electron chi connectivity index (χ0n) is 15.5. The molecule has 0 aromatic heterocycles. The summed E-state index contributed by atoms with van der Waals surface area (Å²) >= 11 is 0. The van der Waals surface area contributed by atoms with Gasteiger partial charge in [-0.15, -0.1) is 0 Å². The van der Waals surface area contributed by atoms with Gasteiger partial charge in [0.2, 0.25) is 0 Å². The number of allylic oxidation sites excluding steroid dienone is 5. The molecule has 0 radical (unpaired) electrons. The highest BCUT2D eigenvalue weighted by atomic mass is 16.5. The highest BCUT2D eigenvalue weighted by Gasteiger charge is 2.32. The molecular weight excluding hydrogens is 292 g/mol. The van der Waals surface area contributed by atoms with Crippen LogP contribution in [0, 0.1) is 31.6 Å². The number of hydrogen-bond acceptors (Lipinski definition) is 1. The van der Waals surface area contributed by atoms with Crippen LogP contribution in [0.25, 0.3) is 6.08 Å². The van der Waals surface area contributed by atoms with Gasteiger partial charge in [0.15, 0.2) is 0 Å². The summed E-state index contributed by atoms with van der Waals surface area (Å²) in [7, 11) is 0. The third-order valence-corrected chi connectivity index (χ3v) is 5.83. The van der Waals surface area contributed by atoms with Crippen molar-refractivity contribution in [2.75, 3.05) is 0 Å². The average molecular weight is 322 g/mol. The molecule has 0 spiro atoms. The molecule has 0 saturated carbocycles. The summed E-state index contributed by atoms with van der Waals surface area (Å²) in [5.41, 5.74) is 3.86. The lowest BCUT2D eigenvalue weighted by atomic mass is 9.73. The molecule has 1 aromatic carbocycles. The molecule has 4 atom stereocenters. The van der Waals surface area contributed by atoms with E-state index in [4.69, 9.17) is 4.74 Å². The Morgan fingerprint density at radius 1 is 1.04 bits per heavy atom. The first kappa shape index (κ1) is 17.1. The quantitative estimate of drug-likeness (QED) is 0.624. The normalized spacial score (nSPS) is 30.7. The summed E-state index contributed by atoms with van der Waals surface area (Å²) in [4.78, 5) is 0. The van der Waals surface area contributed by atoms with Gasteiger partial charge in [0.25, 0.3) is 0 Å². The molecule has 0 N–H and O–H groups in total. The number of ether oxygens (including phenoxy) is 1. The third-order valence-electron chi connectivity index (χ3n) is 5.83. The Morgan fingerprint density at radius 2 is 1.83 bits per heavy atom. The Hall–Kier alpha value is -1.76. The molecule has 3 rings (SSSR count). The minimum atomic E-state index is 0.236. The molecule has 0 fully saturated rings. The average Bonchev–Trinajstić information content (AvgIpc) is 2.64. The first-order chi connectivity index (χ1) is 11.6. The lowest BCUT2D eigenvalue weighted by molar-refractivity contribution is 0.0897. The van der Waals surface area contributed by atoms with Crippen molar-refractivity contribution in [2.45, 2.75) is 53.1 Å². The Balaban J connectivity index is 1.94. The topological polar surface area (TPSA) is 9.23 Å². The smallest absolute Gasteiger partial charge is 0.127 e. The number of aryl methyl sites for hydroxylation is 2. The molecule has 1 aliphatic heterocycles. The van der Waals surface area contributed by atoms with Gasteiger partial charge in [-0.1, -0.05) is 43.4 Å². The summed E-state index contributed by atoms with van der Waals surface area (Å²) < 4.78 is 6.48. The molecule has 24 heavy (non-hydrogen) atoms. The second-order valence-corrected chi connectivity index (χ2v) is 7.38. The molecular formula is C23H30O. The Bertz CT molecular complexity index is 665. The van der Waals surface area contributed by atoms with E-state index in [1.54, 1.807) is 0 Å². The van der Waals surface area contributed by atoms with Crippen molar-refractivity contribution in [3.63, 3.8) is 0 Å². The van der Waals surface area contributed by atoms with Crippen molar-refractivity contribution in [1.29, 1.82) is 0 Å². The van der Waals surface area contributed by atoms with E-state index >= 15 is 0 Å². The molecule has 0 bridgehead atoms. The molecule has 1 heteroatoms. The fourth-order valence-electron chi connectivity index (χ4n) is 4.25. The highest BCUT2D eigenvalue weighted by molar-refractivity contribution is 5.60. The van der Waals surface area contributed by atoms with Crippen LogP contribution in [0.4, 0.5) is 0 Å². The molecule has 1 heterocycles. The fourth-order valence-corrected chi connectivity index (χ4v) is 4.25. The van der Waals surface area contributed by atoms with Gasteiger partial charge in [0.05, 0.1) is 6.10 Å².